The molecule has 0 radical (unpaired) electrons. The third kappa shape index (κ3) is 5.40. The highest BCUT2D eigenvalue weighted by Crippen LogP contribution is 2.16. The van der Waals surface area contributed by atoms with Gasteiger partial charge in [0.1, 0.15) is 5.75 Å². The summed E-state index contributed by atoms with van der Waals surface area (Å²) in [5.74, 6) is 0.752. The average Bonchev–Trinajstić information content (AvgIpc) is 2.59. The second-order valence-electron chi connectivity index (χ2n) is 4.84. The second kappa shape index (κ2) is 8.68. The number of nitro groups is 1. The topological polar surface area (TPSA) is 88.5 Å². The van der Waals surface area contributed by atoms with Gasteiger partial charge in [-0.05, 0) is 36.5 Å². The van der Waals surface area contributed by atoms with E-state index in [1.807, 2.05) is 24.3 Å². The molecule has 0 amide bonds. The lowest BCUT2D eigenvalue weighted by Gasteiger charge is -2.12. The third-order valence-electron chi connectivity index (χ3n) is 3.15. The molecule has 7 nitrogen and oxygen atoms in total. The number of hydrogen-bond acceptors (Lipinski definition) is 5. The van der Waals surface area contributed by atoms with Gasteiger partial charge in [0.05, 0.1) is 12.0 Å². The van der Waals surface area contributed by atoms with Gasteiger partial charge in [0.25, 0.3) is 5.69 Å². The van der Waals surface area contributed by atoms with Crippen LogP contribution in [0.1, 0.15) is 0 Å². The molecule has 0 saturated heterocycles. The Balaban J connectivity index is 1.71. The molecule has 0 atom stereocenters. The molecule has 0 heterocycles. The van der Waals surface area contributed by atoms with Crippen LogP contribution in [-0.4, -0.2) is 30.2 Å². The van der Waals surface area contributed by atoms with E-state index in [0.717, 1.165) is 17.1 Å². The summed E-state index contributed by atoms with van der Waals surface area (Å²) in [6.07, 6.45) is 0. The molecule has 3 N–H and O–H groups in total. The lowest BCUT2D eigenvalue weighted by Crippen LogP contribution is -2.32. The van der Waals surface area contributed by atoms with Crippen LogP contribution in [0.2, 0.25) is 0 Å². The van der Waals surface area contributed by atoms with Crippen LogP contribution in [0.15, 0.2) is 48.5 Å². The van der Waals surface area contributed by atoms with Gasteiger partial charge in [0.2, 0.25) is 0 Å². The van der Waals surface area contributed by atoms with Crippen LogP contribution in [0, 0.1) is 10.1 Å². The first-order chi connectivity index (χ1) is 11.6. The summed E-state index contributed by atoms with van der Waals surface area (Å²) in [6, 6.07) is 13.7. The van der Waals surface area contributed by atoms with Crippen molar-refractivity contribution in [3.8, 4) is 5.75 Å². The molecule has 0 aliphatic heterocycles. The summed E-state index contributed by atoms with van der Waals surface area (Å²) in [5, 5.41) is 20.4. The van der Waals surface area contributed by atoms with E-state index in [4.69, 9.17) is 17.0 Å². The van der Waals surface area contributed by atoms with Crippen LogP contribution < -0.4 is 20.7 Å². The van der Waals surface area contributed by atoms with Crippen LogP contribution in [0.3, 0.4) is 0 Å². The number of hydrogen-bond donors (Lipinski definition) is 3. The highest BCUT2D eigenvalue weighted by atomic mass is 32.1. The van der Waals surface area contributed by atoms with E-state index in [-0.39, 0.29) is 5.69 Å². The van der Waals surface area contributed by atoms with Crippen molar-refractivity contribution in [3.63, 3.8) is 0 Å². The van der Waals surface area contributed by atoms with Crippen molar-refractivity contribution >= 4 is 34.4 Å². The number of thiocarbonyl (C=S) groups is 1. The molecule has 126 valence electrons. The fourth-order valence-electron chi connectivity index (χ4n) is 1.96. The first kappa shape index (κ1) is 17.5. The van der Waals surface area contributed by atoms with Gasteiger partial charge in [-0.25, -0.2) is 0 Å². The zero-order chi connectivity index (χ0) is 17.4. The molecule has 0 fully saturated rings. The zero-order valence-electron chi connectivity index (χ0n) is 13.1. The van der Waals surface area contributed by atoms with Gasteiger partial charge < -0.3 is 20.7 Å². The first-order valence-corrected chi connectivity index (χ1v) is 7.66. The van der Waals surface area contributed by atoms with Gasteiger partial charge in [-0.15, -0.1) is 0 Å². The number of nitrogens with zero attached hydrogens (tertiary/aromatic N) is 1. The van der Waals surface area contributed by atoms with Gasteiger partial charge in [-0.3, -0.25) is 10.1 Å². The molecule has 0 spiro atoms. The molecule has 0 bridgehead atoms. The van der Waals surface area contributed by atoms with Gasteiger partial charge in [0, 0.05) is 42.7 Å². The lowest BCUT2D eigenvalue weighted by atomic mass is 10.3. The molecule has 2 aromatic rings. The Morgan fingerprint density at radius 2 is 1.92 bits per heavy atom. The SMILES string of the molecule is COc1cccc(NC(=S)NCCNc2ccc([N+](=O)[O-])cc2)c1. The van der Waals surface area contributed by atoms with Crippen molar-refractivity contribution in [2.75, 3.05) is 30.8 Å². The summed E-state index contributed by atoms with van der Waals surface area (Å²) in [5.41, 5.74) is 1.73. The molecule has 2 aromatic carbocycles. The maximum Gasteiger partial charge on any atom is 0.269 e. The minimum Gasteiger partial charge on any atom is -0.497 e. The maximum atomic E-state index is 10.6. The molecule has 8 heteroatoms. The Kier molecular flexibility index (Phi) is 6.32. The highest BCUT2D eigenvalue weighted by Gasteiger charge is 2.03. The number of nitrogens with one attached hydrogen (secondary N) is 3. The Morgan fingerprint density at radius 3 is 2.58 bits per heavy atom. The van der Waals surface area contributed by atoms with E-state index in [1.54, 1.807) is 19.2 Å². The van der Waals surface area contributed by atoms with E-state index in [9.17, 15) is 10.1 Å². The van der Waals surface area contributed by atoms with Gasteiger partial charge >= 0.3 is 0 Å². The van der Waals surface area contributed by atoms with Crippen LogP contribution >= 0.6 is 12.2 Å². The molecule has 0 aliphatic rings. The number of non-ortho nitro benzene ring substituents is 1. The van der Waals surface area contributed by atoms with Crippen LogP contribution in [0.25, 0.3) is 0 Å². The van der Waals surface area contributed by atoms with Gasteiger partial charge in [-0.2, -0.15) is 0 Å². The number of methoxy groups -OCH3 is 1. The van der Waals surface area contributed by atoms with E-state index in [1.165, 1.54) is 12.1 Å². The van der Waals surface area contributed by atoms with Crippen molar-refractivity contribution in [3.05, 3.63) is 58.6 Å². The van der Waals surface area contributed by atoms with Crippen molar-refractivity contribution in [1.29, 1.82) is 0 Å². The van der Waals surface area contributed by atoms with Gasteiger partial charge in [0.15, 0.2) is 5.11 Å². The Hall–Kier alpha value is -2.87. The lowest BCUT2D eigenvalue weighted by molar-refractivity contribution is -0.384. The minimum absolute atomic E-state index is 0.0716. The van der Waals surface area contributed by atoms with E-state index in [2.05, 4.69) is 16.0 Å². The standard InChI is InChI=1S/C16H18N4O3S/c1-23-15-4-2-3-13(11-15)19-16(24)18-10-9-17-12-5-7-14(8-6-12)20(21)22/h2-8,11,17H,9-10H2,1H3,(H2,18,19,24). The average molecular weight is 346 g/mol. The van der Waals surface area contributed by atoms with E-state index < -0.39 is 4.92 Å². The van der Waals surface area contributed by atoms with Crippen molar-refractivity contribution in [2.24, 2.45) is 0 Å². The summed E-state index contributed by atoms with van der Waals surface area (Å²) >= 11 is 5.23. The van der Waals surface area contributed by atoms with E-state index in [0.29, 0.717) is 18.2 Å². The fraction of sp³-hybridized carbons (Fsp3) is 0.188. The quantitative estimate of drug-likeness (QED) is 0.307. The number of anilines is 2. The van der Waals surface area contributed by atoms with Crippen molar-refractivity contribution in [1.82, 2.24) is 5.32 Å². The van der Waals surface area contributed by atoms with Crippen molar-refractivity contribution < 1.29 is 9.66 Å². The third-order valence-corrected chi connectivity index (χ3v) is 3.39. The first-order valence-electron chi connectivity index (χ1n) is 7.26. The molecular formula is C16H18N4O3S. The largest absolute Gasteiger partial charge is 0.497 e. The molecule has 24 heavy (non-hydrogen) atoms. The molecular weight excluding hydrogens is 328 g/mol. The Bertz CT molecular complexity index is 707. The zero-order valence-corrected chi connectivity index (χ0v) is 13.9. The normalized spacial score (nSPS) is 9.88. The Morgan fingerprint density at radius 1 is 1.17 bits per heavy atom. The highest BCUT2D eigenvalue weighted by molar-refractivity contribution is 7.80. The molecule has 0 saturated carbocycles. The van der Waals surface area contributed by atoms with Crippen molar-refractivity contribution in [2.45, 2.75) is 0 Å². The monoisotopic (exact) mass is 346 g/mol. The van der Waals surface area contributed by atoms with Gasteiger partial charge in [-0.1, -0.05) is 6.07 Å². The van der Waals surface area contributed by atoms with Crippen LogP contribution in [0.4, 0.5) is 17.1 Å². The summed E-state index contributed by atoms with van der Waals surface area (Å²) in [7, 11) is 1.61. The Labute approximate surface area is 145 Å². The molecule has 0 aromatic heterocycles. The summed E-state index contributed by atoms with van der Waals surface area (Å²) < 4.78 is 5.15. The minimum atomic E-state index is -0.423. The fourth-order valence-corrected chi connectivity index (χ4v) is 2.18. The number of rotatable bonds is 7. The number of ether oxygens (including phenoxy) is 1. The summed E-state index contributed by atoms with van der Waals surface area (Å²) in [4.78, 5) is 10.2. The van der Waals surface area contributed by atoms with Crippen LogP contribution in [-0.2, 0) is 0 Å². The smallest absolute Gasteiger partial charge is 0.269 e. The number of nitro benzene ring substituents is 1. The molecule has 0 aliphatic carbocycles. The predicted molar refractivity (Wildman–Crippen MR) is 98.8 cm³/mol. The summed E-state index contributed by atoms with van der Waals surface area (Å²) in [6.45, 7) is 1.23. The maximum absolute atomic E-state index is 10.6. The molecule has 0 unspecified atom stereocenters. The van der Waals surface area contributed by atoms with E-state index >= 15 is 0 Å². The predicted octanol–water partition coefficient (Wildman–Crippen LogP) is 3.00. The van der Waals surface area contributed by atoms with Crippen LogP contribution in [0.5, 0.6) is 5.75 Å². The molecule has 2 rings (SSSR count). The number of benzene rings is 2. The second-order valence-corrected chi connectivity index (χ2v) is 5.25.